The molecule has 2 N–H and O–H groups in total. The fourth-order valence-corrected chi connectivity index (χ4v) is 3.66. The van der Waals surface area contributed by atoms with Gasteiger partial charge in [-0.1, -0.05) is 25.0 Å². The third-order valence-electron chi connectivity index (χ3n) is 5.08. The molecule has 6 heteroatoms. The lowest BCUT2D eigenvalue weighted by molar-refractivity contribution is -0.139. The average molecular weight is 371 g/mol. The van der Waals surface area contributed by atoms with Crippen LogP contribution in [-0.2, 0) is 15.0 Å². The van der Waals surface area contributed by atoms with Crippen LogP contribution in [0.4, 0.5) is 10.1 Å². The number of carboxylic acid groups (broad SMARTS) is 1. The van der Waals surface area contributed by atoms with Crippen LogP contribution in [0.1, 0.15) is 36.8 Å². The Hall–Kier alpha value is -2.89. The third kappa shape index (κ3) is 4.10. The molecular weight excluding hydrogens is 349 g/mol. The first kappa shape index (κ1) is 18.9. The van der Waals surface area contributed by atoms with Crippen LogP contribution in [0.5, 0.6) is 5.75 Å². The van der Waals surface area contributed by atoms with E-state index in [2.05, 4.69) is 5.32 Å². The molecule has 27 heavy (non-hydrogen) atoms. The first-order valence-electron chi connectivity index (χ1n) is 8.93. The first-order chi connectivity index (χ1) is 12.9. The molecule has 142 valence electrons. The summed E-state index contributed by atoms with van der Waals surface area (Å²) in [6.07, 6.45) is 3.21. The molecule has 0 saturated heterocycles. The van der Waals surface area contributed by atoms with Crippen molar-refractivity contribution in [2.45, 2.75) is 38.0 Å². The Morgan fingerprint density at radius 1 is 1.19 bits per heavy atom. The number of rotatable bonds is 6. The minimum absolute atomic E-state index is 0.145. The van der Waals surface area contributed by atoms with E-state index in [1.165, 1.54) is 12.1 Å². The molecule has 0 unspecified atom stereocenters. The van der Waals surface area contributed by atoms with Gasteiger partial charge in [0.15, 0.2) is 6.61 Å². The molecule has 2 aromatic rings. The van der Waals surface area contributed by atoms with Gasteiger partial charge in [0.25, 0.3) is 0 Å². The molecule has 2 aromatic carbocycles. The number of carbonyl (C=O) groups is 2. The van der Waals surface area contributed by atoms with Crippen molar-refractivity contribution in [1.82, 2.24) is 0 Å². The van der Waals surface area contributed by atoms with Crippen LogP contribution < -0.4 is 10.1 Å². The standard InChI is InChI=1S/C21H22FNO4/c1-14-11-17(27-13-19(24)25)7-8-18(14)23-20(26)21(9-2-3-10-21)15-5-4-6-16(22)12-15/h4-8,11-12H,2-3,9-10,13H2,1H3,(H,23,26)(H,24,25). The van der Waals surface area contributed by atoms with E-state index in [1.807, 2.05) is 13.0 Å². The molecule has 0 aromatic heterocycles. The summed E-state index contributed by atoms with van der Waals surface area (Å²) in [4.78, 5) is 23.8. The number of halogens is 1. The fourth-order valence-electron chi connectivity index (χ4n) is 3.66. The quantitative estimate of drug-likeness (QED) is 0.803. The van der Waals surface area contributed by atoms with Crippen LogP contribution >= 0.6 is 0 Å². The number of benzene rings is 2. The van der Waals surface area contributed by atoms with Crippen molar-refractivity contribution in [2.75, 3.05) is 11.9 Å². The van der Waals surface area contributed by atoms with Gasteiger partial charge in [-0.05, 0) is 61.2 Å². The minimum atomic E-state index is -1.05. The number of aryl methyl sites for hydroxylation is 1. The Kier molecular flexibility index (Phi) is 5.44. The van der Waals surface area contributed by atoms with Crippen LogP contribution in [0.2, 0.25) is 0 Å². The topological polar surface area (TPSA) is 75.6 Å². The van der Waals surface area contributed by atoms with Crippen molar-refractivity contribution >= 4 is 17.6 Å². The molecule has 0 aliphatic heterocycles. The number of nitrogens with one attached hydrogen (secondary N) is 1. The molecule has 0 radical (unpaired) electrons. The van der Waals surface area contributed by atoms with Crippen LogP contribution in [-0.4, -0.2) is 23.6 Å². The monoisotopic (exact) mass is 371 g/mol. The second-order valence-electron chi connectivity index (χ2n) is 6.91. The Morgan fingerprint density at radius 3 is 2.56 bits per heavy atom. The van der Waals surface area contributed by atoms with E-state index >= 15 is 0 Å². The molecule has 0 atom stereocenters. The van der Waals surface area contributed by atoms with Gasteiger partial charge in [-0.15, -0.1) is 0 Å². The normalized spacial score (nSPS) is 15.3. The Bertz CT molecular complexity index is 859. The highest BCUT2D eigenvalue weighted by Crippen LogP contribution is 2.42. The van der Waals surface area contributed by atoms with Gasteiger partial charge in [0.05, 0.1) is 5.41 Å². The van der Waals surface area contributed by atoms with Crippen LogP contribution in [0.3, 0.4) is 0 Å². The summed E-state index contributed by atoms with van der Waals surface area (Å²) >= 11 is 0. The van der Waals surface area contributed by atoms with Crippen molar-refractivity contribution in [2.24, 2.45) is 0 Å². The Balaban J connectivity index is 1.81. The summed E-state index contributed by atoms with van der Waals surface area (Å²) in [5.74, 6) is -1.12. The van der Waals surface area contributed by atoms with E-state index in [4.69, 9.17) is 9.84 Å². The second kappa shape index (κ2) is 7.78. The van der Waals surface area contributed by atoms with Gasteiger partial charge in [-0.25, -0.2) is 9.18 Å². The number of hydrogen-bond acceptors (Lipinski definition) is 3. The van der Waals surface area contributed by atoms with Crippen LogP contribution in [0.25, 0.3) is 0 Å². The SMILES string of the molecule is Cc1cc(OCC(=O)O)ccc1NC(=O)C1(c2cccc(F)c2)CCCC1. The number of aliphatic carboxylic acids is 1. The lowest BCUT2D eigenvalue weighted by Crippen LogP contribution is -2.38. The van der Waals surface area contributed by atoms with Gasteiger partial charge in [-0.3, -0.25) is 4.79 Å². The molecule has 0 heterocycles. The van der Waals surface area contributed by atoms with Gasteiger partial charge >= 0.3 is 5.97 Å². The predicted molar refractivity (Wildman–Crippen MR) is 99.5 cm³/mol. The van der Waals surface area contributed by atoms with Crippen LogP contribution in [0.15, 0.2) is 42.5 Å². The summed E-state index contributed by atoms with van der Waals surface area (Å²) in [7, 11) is 0. The molecule has 0 spiro atoms. The van der Waals surface area contributed by atoms with Gasteiger partial charge < -0.3 is 15.2 Å². The number of ether oxygens (including phenoxy) is 1. The maximum atomic E-state index is 13.7. The summed E-state index contributed by atoms with van der Waals surface area (Å²) in [5, 5.41) is 11.7. The molecule has 1 aliphatic carbocycles. The predicted octanol–water partition coefficient (Wildman–Crippen LogP) is 4.05. The molecule has 5 nitrogen and oxygen atoms in total. The summed E-state index contributed by atoms with van der Waals surface area (Å²) in [6.45, 7) is 1.39. The van der Waals surface area contributed by atoms with Crippen molar-refractivity contribution in [3.8, 4) is 5.75 Å². The molecule has 1 aliphatic rings. The number of amides is 1. The number of anilines is 1. The zero-order valence-electron chi connectivity index (χ0n) is 15.1. The van der Waals surface area contributed by atoms with Crippen molar-refractivity contribution in [3.05, 3.63) is 59.4 Å². The van der Waals surface area contributed by atoms with Gasteiger partial charge in [-0.2, -0.15) is 0 Å². The summed E-state index contributed by atoms with van der Waals surface area (Å²) < 4.78 is 18.9. The summed E-state index contributed by atoms with van der Waals surface area (Å²) in [6, 6.07) is 11.3. The highest BCUT2D eigenvalue weighted by atomic mass is 19.1. The van der Waals surface area contributed by atoms with E-state index < -0.39 is 18.0 Å². The van der Waals surface area contributed by atoms with E-state index in [-0.39, 0.29) is 11.7 Å². The maximum Gasteiger partial charge on any atom is 0.341 e. The van der Waals surface area contributed by atoms with Crippen molar-refractivity contribution < 1.29 is 23.8 Å². The van der Waals surface area contributed by atoms with Gasteiger partial charge in [0.2, 0.25) is 5.91 Å². The van der Waals surface area contributed by atoms with E-state index in [0.717, 1.165) is 18.4 Å². The van der Waals surface area contributed by atoms with E-state index in [1.54, 1.807) is 24.3 Å². The molecule has 1 amide bonds. The lowest BCUT2D eigenvalue weighted by atomic mass is 9.78. The molecule has 3 rings (SSSR count). The molecular formula is C21H22FNO4. The molecule has 1 fully saturated rings. The smallest absolute Gasteiger partial charge is 0.341 e. The largest absolute Gasteiger partial charge is 0.482 e. The number of hydrogen-bond donors (Lipinski definition) is 2. The Morgan fingerprint density at radius 2 is 1.93 bits per heavy atom. The van der Waals surface area contributed by atoms with E-state index in [9.17, 15) is 14.0 Å². The lowest BCUT2D eigenvalue weighted by Gasteiger charge is -2.28. The van der Waals surface area contributed by atoms with Crippen molar-refractivity contribution in [3.63, 3.8) is 0 Å². The number of carboxylic acids is 1. The van der Waals surface area contributed by atoms with Crippen molar-refractivity contribution in [1.29, 1.82) is 0 Å². The zero-order chi connectivity index (χ0) is 19.4. The zero-order valence-corrected chi connectivity index (χ0v) is 15.1. The Labute approximate surface area is 157 Å². The minimum Gasteiger partial charge on any atom is -0.482 e. The van der Waals surface area contributed by atoms with Crippen LogP contribution in [0, 0.1) is 12.7 Å². The summed E-state index contributed by atoms with van der Waals surface area (Å²) in [5.41, 5.74) is 1.37. The van der Waals surface area contributed by atoms with E-state index in [0.29, 0.717) is 29.8 Å². The maximum absolute atomic E-state index is 13.7. The third-order valence-corrected chi connectivity index (χ3v) is 5.08. The fraction of sp³-hybridized carbons (Fsp3) is 0.333. The average Bonchev–Trinajstić information content (AvgIpc) is 3.13. The highest BCUT2D eigenvalue weighted by molar-refractivity contribution is 6.00. The van der Waals surface area contributed by atoms with Gasteiger partial charge in [0, 0.05) is 5.69 Å². The second-order valence-corrected chi connectivity index (χ2v) is 6.91. The number of carbonyl (C=O) groups excluding carboxylic acids is 1. The van der Waals surface area contributed by atoms with Gasteiger partial charge in [0.1, 0.15) is 11.6 Å². The highest BCUT2D eigenvalue weighted by Gasteiger charge is 2.43. The molecule has 1 saturated carbocycles. The molecule has 0 bridgehead atoms. The first-order valence-corrected chi connectivity index (χ1v) is 8.93.